The summed E-state index contributed by atoms with van der Waals surface area (Å²) in [5, 5.41) is 13.2. The van der Waals surface area contributed by atoms with Gasteiger partial charge >= 0.3 is 0 Å². The molecule has 0 radical (unpaired) electrons. The first-order valence-corrected chi connectivity index (χ1v) is 11.6. The van der Waals surface area contributed by atoms with Gasteiger partial charge in [0.2, 0.25) is 5.91 Å². The van der Waals surface area contributed by atoms with Gasteiger partial charge in [0.15, 0.2) is 11.5 Å². The van der Waals surface area contributed by atoms with E-state index in [1.807, 2.05) is 12.1 Å². The fraction of sp³-hybridized carbons (Fsp3) is 0.385. The number of rotatable bonds is 6. The third-order valence-corrected chi connectivity index (χ3v) is 6.67. The highest BCUT2D eigenvalue weighted by molar-refractivity contribution is 6.02. The number of piperidine rings is 1. The van der Waals surface area contributed by atoms with Crippen molar-refractivity contribution in [2.24, 2.45) is 0 Å². The fourth-order valence-corrected chi connectivity index (χ4v) is 4.76. The van der Waals surface area contributed by atoms with Crippen molar-refractivity contribution < 1.29 is 24.2 Å². The van der Waals surface area contributed by atoms with Crippen molar-refractivity contribution in [3.8, 4) is 11.5 Å². The van der Waals surface area contributed by atoms with E-state index in [-0.39, 0.29) is 30.7 Å². The molecule has 0 aromatic heterocycles. The summed E-state index contributed by atoms with van der Waals surface area (Å²) in [5.41, 5.74) is 3.94. The molecular weight excluding hydrogens is 434 g/mol. The summed E-state index contributed by atoms with van der Waals surface area (Å²) in [6, 6.07) is 10.7. The summed E-state index contributed by atoms with van der Waals surface area (Å²) >= 11 is 0. The van der Waals surface area contributed by atoms with Gasteiger partial charge in [-0.3, -0.25) is 14.5 Å². The van der Waals surface area contributed by atoms with Crippen LogP contribution in [0.15, 0.2) is 48.7 Å². The van der Waals surface area contributed by atoms with Crippen LogP contribution in [0.1, 0.15) is 39.9 Å². The molecule has 1 unspecified atom stereocenters. The Hall–Kier alpha value is -3.36. The molecule has 34 heavy (non-hydrogen) atoms. The van der Waals surface area contributed by atoms with Crippen LogP contribution in [0, 0.1) is 0 Å². The molecule has 3 heterocycles. The number of amides is 2. The van der Waals surface area contributed by atoms with Crippen molar-refractivity contribution in [1.29, 1.82) is 0 Å². The van der Waals surface area contributed by atoms with Crippen LogP contribution in [0.25, 0.3) is 0 Å². The Kier molecular flexibility index (Phi) is 6.26. The quantitative estimate of drug-likeness (QED) is 0.684. The minimum atomic E-state index is -0.556. The third-order valence-electron chi connectivity index (χ3n) is 6.67. The minimum Gasteiger partial charge on any atom is -0.504 e. The van der Waals surface area contributed by atoms with Crippen molar-refractivity contribution in [3.63, 3.8) is 0 Å². The molecule has 5 rings (SSSR count). The number of hydrogen-bond acceptors (Lipinski definition) is 6. The maximum absolute atomic E-state index is 13.0. The number of nitrogens with one attached hydrogen (secondary N) is 1. The van der Waals surface area contributed by atoms with Gasteiger partial charge in [-0.25, -0.2) is 0 Å². The molecule has 2 aromatic rings. The molecule has 3 aliphatic heterocycles. The lowest BCUT2D eigenvalue weighted by Gasteiger charge is -2.31. The number of fused-ring (bicyclic) bond motifs is 1. The van der Waals surface area contributed by atoms with Crippen LogP contribution < -0.4 is 10.1 Å². The summed E-state index contributed by atoms with van der Waals surface area (Å²) in [5.74, 6) is -0.161. The standard InChI is InChI=1S/C26H29N3O5/c1-17-2-8-22(25(31)27-17)29-15-21-20(26(29)32)7-9-23(30)24(21)34-16-19-5-3-18(4-6-19)14-28-10-12-33-13-11-28/h3-7,9,22,30H,1-2,8,10-16H2,(H,27,31). The van der Waals surface area contributed by atoms with E-state index in [9.17, 15) is 14.7 Å². The molecule has 0 bridgehead atoms. The van der Waals surface area contributed by atoms with Gasteiger partial charge in [-0.05, 0) is 36.1 Å². The van der Waals surface area contributed by atoms with Gasteiger partial charge in [-0.1, -0.05) is 30.8 Å². The molecule has 2 amide bonds. The normalized spacial score (nSPS) is 20.9. The highest BCUT2D eigenvalue weighted by Crippen LogP contribution is 2.39. The number of morpholine rings is 1. The number of ether oxygens (including phenoxy) is 2. The number of benzene rings is 2. The number of carbonyl (C=O) groups is 2. The van der Waals surface area contributed by atoms with Gasteiger partial charge in [-0.15, -0.1) is 0 Å². The Morgan fingerprint density at radius 3 is 2.56 bits per heavy atom. The zero-order chi connectivity index (χ0) is 23.7. The van der Waals surface area contributed by atoms with Gasteiger partial charge in [0.05, 0.1) is 19.8 Å². The minimum absolute atomic E-state index is 0.0150. The molecule has 2 saturated heterocycles. The molecule has 0 saturated carbocycles. The maximum Gasteiger partial charge on any atom is 0.255 e. The Labute approximate surface area is 198 Å². The van der Waals surface area contributed by atoms with Crippen LogP contribution in [-0.4, -0.2) is 59.1 Å². The first-order valence-electron chi connectivity index (χ1n) is 11.6. The summed E-state index contributed by atoms with van der Waals surface area (Å²) in [6.07, 6.45) is 1.16. The highest BCUT2D eigenvalue weighted by atomic mass is 16.5. The lowest BCUT2D eigenvalue weighted by Crippen LogP contribution is -2.49. The summed E-state index contributed by atoms with van der Waals surface area (Å²) in [6.45, 7) is 8.61. The molecule has 2 N–H and O–H groups in total. The van der Waals surface area contributed by atoms with Gasteiger partial charge in [-0.2, -0.15) is 0 Å². The molecule has 2 fully saturated rings. The molecule has 8 heteroatoms. The lowest BCUT2D eigenvalue weighted by molar-refractivity contribution is -0.126. The smallest absolute Gasteiger partial charge is 0.255 e. The first-order chi connectivity index (χ1) is 16.5. The van der Waals surface area contributed by atoms with Crippen molar-refractivity contribution in [1.82, 2.24) is 15.1 Å². The van der Waals surface area contributed by atoms with Crippen molar-refractivity contribution in [2.75, 3.05) is 26.3 Å². The molecule has 3 aliphatic rings. The van der Waals surface area contributed by atoms with Gasteiger partial charge in [0.1, 0.15) is 12.6 Å². The Bertz CT molecular complexity index is 1110. The van der Waals surface area contributed by atoms with E-state index >= 15 is 0 Å². The van der Waals surface area contributed by atoms with Crippen molar-refractivity contribution >= 4 is 11.8 Å². The van der Waals surface area contributed by atoms with Crippen LogP contribution >= 0.6 is 0 Å². The number of allylic oxidation sites excluding steroid dienone is 1. The van der Waals surface area contributed by atoms with Crippen LogP contribution in [0.2, 0.25) is 0 Å². The molecular formula is C26H29N3O5. The Balaban J connectivity index is 1.27. The summed E-state index contributed by atoms with van der Waals surface area (Å²) in [4.78, 5) is 29.4. The average Bonchev–Trinajstić information content (AvgIpc) is 3.16. The summed E-state index contributed by atoms with van der Waals surface area (Å²) < 4.78 is 11.4. The second kappa shape index (κ2) is 9.48. The fourth-order valence-electron chi connectivity index (χ4n) is 4.76. The molecule has 2 aromatic carbocycles. The van der Waals surface area contributed by atoms with E-state index in [1.54, 1.807) is 11.0 Å². The number of aromatic hydroxyl groups is 1. The molecule has 8 nitrogen and oxygen atoms in total. The van der Waals surface area contributed by atoms with Crippen LogP contribution in [0.5, 0.6) is 11.5 Å². The van der Waals surface area contributed by atoms with Crippen LogP contribution in [-0.2, 0) is 29.2 Å². The average molecular weight is 464 g/mol. The highest BCUT2D eigenvalue weighted by Gasteiger charge is 2.40. The number of hydrogen-bond donors (Lipinski definition) is 2. The molecule has 178 valence electrons. The monoisotopic (exact) mass is 463 g/mol. The first kappa shape index (κ1) is 22.4. The van der Waals surface area contributed by atoms with Gasteiger partial charge in [0, 0.05) is 36.5 Å². The Morgan fingerprint density at radius 1 is 1.09 bits per heavy atom. The van der Waals surface area contributed by atoms with E-state index in [2.05, 4.69) is 28.9 Å². The van der Waals surface area contributed by atoms with E-state index in [4.69, 9.17) is 9.47 Å². The van der Waals surface area contributed by atoms with Gasteiger partial charge < -0.3 is 24.8 Å². The molecule has 1 atom stereocenters. The Morgan fingerprint density at radius 2 is 1.82 bits per heavy atom. The number of phenols is 1. The van der Waals surface area contributed by atoms with Crippen LogP contribution in [0.4, 0.5) is 0 Å². The van der Waals surface area contributed by atoms with Crippen LogP contribution in [0.3, 0.4) is 0 Å². The van der Waals surface area contributed by atoms with E-state index in [0.717, 1.165) is 38.4 Å². The zero-order valence-electron chi connectivity index (χ0n) is 19.1. The predicted molar refractivity (Wildman–Crippen MR) is 125 cm³/mol. The van der Waals surface area contributed by atoms with E-state index in [1.165, 1.54) is 11.6 Å². The van der Waals surface area contributed by atoms with Crippen molar-refractivity contribution in [2.45, 2.75) is 38.6 Å². The van der Waals surface area contributed by atoms with Crippen molar-refractivity contribution in [3.05, 3.63) is 70.9 Å². The second-order valence-corrected chi connectivity index (χ2v) is 9.01. The van der Waals surface area contributed by atoms with E-state index < -0.39 is 6.04 Å². The predicted octanol–water partition coefficient (Wildman–Crippen LogP) is 2.55. The largest absolute Gasteiger partial charge is 0.504 e. The lowest BCUT2D eigenvalue weighted by atomic mass is 10.0. The second-order valence-electron chi connectivity index (χ2n) is 9.01. The van der Waals surface area contributed by atoms with Gasteiger partial charge in [0.25, 0.3) is 5.91 Å². The number of phenolic OH excluding ortho intramolecular Hbond substituents is 1. The molecule has 0 aliphatic carbocycles. The third kappa shape index (κ3) is 4.51. The summed E-state index contributed by atoms with van der Waals surface area (Å²) in [7, 11) is 0. The number of carbonyl (C=O) groups excluding carboxylic acids is 2. The van der Waals surface area contributed by atoms with E-state index in [0.29, 0.717) is 35.4 Å². The SMILES string of the molecule is C=C1CCC(N2Cc3c(ccc(O)c3OCc3ccc(CN4CCOCC4)cc3)C2=O)C(=O)N1. The zero-order valence-corrected chi connectivity index (χ0v) is 19.1. The maximum atomic E-state index is 13.0. The topological polar surface area (TPSA) is 91.3 Å². The molecule has 0 spiro atoms. The number of nitrogens with zero attached hydrogens (tertiary/aromatic N) is 2.